The highest BCUT2D eigenvalue weighted by Gasteiger charge is 2.27. The number of piperazine rings is 1. The molecule has 2 amide bonds. The van der Waals surface area contributed by atoms with Gasteiger partial charge in [-0.25, -0.2) is 9.78 Å². The van der Waals surface area contributed by atoms with Crippen LogP contribution < -0.4 is 15.0 Å². The van der Waals surface area contributed by atoms with Crippen LogP contribution >= 0.6 is 11.3 Å². The molecule has 14 heteroatoms. The van der Waals surface area contributed by atoms with Crippen LogP contribution in [0.15, 0.2) is 48.2 Å². The molecule has 0 unspecified atom stereocenters. The number of aromatic nitrogens is 3. The Labute approximate surface area is 271 Å². The first-order valence-electron chi connectivity index (χ1n) is 15.4. The number of morpholine rings is 1. The van der Waals surface area contributed by atoms with Gasteiger partial charge in [0, 0.05) is 74.4 Å². The summed E-state index contributed by atoms with van der Waals surface area (Å²) in [5.74, 6) is 0.741. The molecule has 2 saturated heterocycles. The van der Waals surface area contributed by atoms with Crippen LogP contribution in [0, 0.1) is 0 Å². The summed E-state index contributed by atoms with van der Waals surface area (Å²) in [6, 6.07) is 7.44. The summed E-state index contributed by atoms with van der Waals surface area (Å²) in [7, 11) is 0. The molecule has 0 aliphatic carbocycles. The molecule has 13 nitrogen and oxygen atoms in total. The Morgan fingerprint density at radius 2 is 1.87 bits per heavy atom. The SMILES string of the molecule is CC(C)(C)OC(=O)N1CCN(c2ccncc2NC(=O)c2nc(-n3cc4ccc(OCCN5CCOCC5)cc4c3O)cs2)CC1. The summed E-state index contributed by atoms with van der Waals surface area (Å²) in [6.45, 7) is 12.3. The smallest absolute Gasteiger partial charge is 0.410 e. The van der Waals surface area contributed by atoms with Crippen molar-refractivity contribution in [2.75, 3.05) is 75.9 Å². The van der Waals surface area contributed by atoms with Crippen molar-refractivity contribution in [3.05, 3.63) is 53.2 Å². The van der Waals surface area contributed by atoms with Crippen molar-refractivity contribution in [2.45, 2.75) is 26.4 Å². The number of fused-ring (bicyclic) bond motifs is 1. The molecule has 3 aromatic heterocycles. The van der Waals surface area contributed by atoms with E-state index in [1.807, 2.05) is 45.0 Å². The molecule has 2 N–H and O–H groups in total. The number of pyridine rings is 1. The number of hydrogen-bond acceptors (Lipinski definition) is 11. The molecule has 4 aromatic rings. The van der Waals surface area contributed by atoms with Crippen molar-refractivity contribution >= 4 is 45.5 Å². The number of hydrogen-bond donors (Lipinski definition) is 2. The molecule has 0 bridgehead atoms. The molecule has 6 rings (SSSR count). The molecular weight excluding hydrogens is 610 g/mol. The molecule has 0 saturated carbocycles. The highest BCUT2D eigenvalue weighted by Crippen LogP contribution is 2.34. The first-order valence-corrected chi connectivity index (χ1v) is 16.2. The maximum atomic E-state index is 13.3. The van der Waals surface area contributed by atoms with Crippen molar-refractivity contribution in [1.82, 2.24) is 24.3 Å². The zero-order valence-electron chi connectivity index (χ0n) is 26.3. The van der Waals surface area contributed by atoms with E-state index in [1.54, 1.807) is 33.4 Å². The van der Waals surface area contributed by atoms with Crippen molar-refractivity contribution in [1.29, 1.82) is 0 Å². The Bertz CT molecular complexity index is 1690. The predicted molar refractivity (Wildman–Crippen MR) is 176 cm³/mol. The number of rotatable bonds is 8. The lowest BCUT2D eigenvalue weighted by Gasteiger charge is -2.37. The first kappa shape index (κ1) is 31.6. The largest absolute Gasteiger partial charge is 0.494 e. The van der Waals surface area contributed by atoms with Crippen LogP contribution in [-0.4, -0.2) is 113 Å². The van der Waals surface area contributed by atoms with Gasteiger partial charge in [0.2, 0.25) is 5.88 Å². The van der Waals surface area contributed by atoms with E-state index in [0.717, 1.165) is 43.9 Å². The van der Waals surface area contributed by atoms with Crippen molar-refractivity contribution in [3.8, 4) is 17.4 Å². The number of aromatic hydroxyl groups is 1. The number of thiazole rings is 1. The van der Waals surface area contributed by atoms with E-state index >= 15 is 0 Å². The second-order valence-corrected chi connectivity index (χ2v) is 13.0. The molecule has 2 aliphatic rings. The summed E-state index contributed by atoms with van der Waals surface area (Å²) < 4.78 is 18.4. The Kier molecular flexibility index (Phi) is 9.29. The molecule has 244 valence electrons. The minimum atomic E-state index is -0.554. The topological polar surface area (TPSA) is 135 Å². The van der Waals surface area contributed by atoms with Gasteiger partial charge in [-0.05, 0) is 45.0 Å². The summed E-state index contributed by atoms with van der Waals surface area (Å²) in [4.78, 5) is 40.6. The molecule has 2 fully saturated rings. The minimum Gasteiger partial charge on any atom is -0.494 e. The number of anilines is 2. The fourth-order valence-corrected chi connectivity index (χ4v) is 6.11. The average molecular weight is 650 g/mol. The standard InChI is InChI=1S/C32H39N7O6S/c1-32(2,3)45-31(42)38-10-8-37(9-11-38)26-6-7-33-19-25(26)34-28(40)29-35-27(21-46-29)39-20-22-4-5-23(18-24(22)30(39)41)44-17-14-36-12-15-43-16-13-36/h4-7,18-21,41H,8-17H2,1-3H3,(H,34,40). The molecule has 5 heterocycles. The molecule has 0 atom stereocenters. The van der Waals surface area contributed by atoms with Gasteiger partial charge in [0.25, 0.3) is 5.91 Å². The van der Waals surface area contributed by atoms with Crippen molar-refractivity contribution in [3.63, 3.8) is 0 Å². The summed E-state index contributed by atoms with van der Waals surface area (Å²) in [6.07, 6.45) is 4.74. The second-order valence-electron chi connectivity index (χ2n) is 12.2. The van der Waals surface area contributed by atoms with Crippen molar-refractivity contribution in [2.24, 2.45) is 0 Å². The third-order valence-electron chi connectivity index (χ3n) is 7.79. The van der Waals surface area contributed by atoms with Gasteiger partial charge >= 0.3 is 6.09 Å². The lowest BCUT2D eigenvalue weighted by atomic mass is 10.2. The molecule has 0 spiro atoms. The Balaban J connectivity index is 1.09. The van der Waals surface area contributed by atoms with Gasteiger partial charge in [-0.1, -0.05) is 0 Å². The molecule has 0 radical (unpaired) electrons. The highest BCUT2D eigenvalue weighted by atomic mass is 32.1. The quantitative estimate of drug-likeness (QED) is 0.286. The van der Waals surface area contributed by atoms with Crippen LogP contribution in [0.5, 0.6) is 11.6 Å². The molecule has 46 heavy (non-hydrogen) atoms. The van der Waals surface area contributed by atoms with Crippen LogP contribution in [0.1, 0.15) is 30.6 Å². The van der Waals surface area contributed by atoms with Crippen LogP contribution in [0.3, 0.4) is 0 Å². The molecule has 1 aromatic carbocycles. The monoisotopic (exact) mass is 649 g/mol. The fourth-order valence-electron chi connectivity index (χ4n) is 5.42. The number of carbonyl (C=O) groups is 2. The van der Waals surface area contributed by atoms with E-state index in [2.05, 4.69) is 25.1 Å². The van der Waals surface area contributed by atoms with E-state index < -0.39 is 5.60 Å². The normalized spacial score (nSPS) is 16.1. The Hall–Kier alpha value is -4.40. The predicted octanol–water partition coefficient (Wildman–Crippen LogP) is 4.21. The average Bonchev–Trinajstić information content (AvgIpc) is 3.66. The van der Waals surface area contributed by atoms with E-state index in [9.17, 15) is 14.7 Å². The number of amides is 2. The minimum absolute atomic E-state index is 0.0194. The lowest BCUT2D eigenvalue weighted by molar-refractivity contribution is 0.0240. The van der Waals surface area contributed by atoms with E-state index in [0.29, 0.717) is 55.4 Å². The fraction of sp³-hybridized carbons (Fsp3) is 0.438. The van der Waals surface area contributed by atoms with Gasteiger partial charge < -0.3 is 34.4 Å². The van der Waals surface area contributed by atoms with Crippen LogP contribution in [0.2, 0.25) is 0 Å². The summed E-state index contributed by atoms with van der Waals surface area (Å²) >= 11 is 1.18. The lowest BCUT2D eigenvalue weighted by Crippen LogP contribution is -2.50. The van der Waals surface area contributed by atoms with Crippen LogP contribution in [-0.2, 0) is 9.47 Å². The number of carbonyl (C=O) groups excluding carboxylic acids is 2. The van der Waals surface area contributed by atoms with E-state index in [-0.39, 0.29) is 22.9 Å². The van der Waals surface area contributed by atoms with Gasteiger partial charge in [0.1, 0.15) is 18.0 Å². The van der Waals surface area contributed by atoms with Crippen LogP contribution in [0.25, 0.3) is 16.6 Å². The third kappa shape index (κ3) is 7.35. The van der Waals surface area contributed by atoms with E-state index in [1.165, 1.54) is 11.3 Å². The van der Waals surface area contributed by atoms with E-state index in [4.69, 9.17) is 14.2 Å². The Morgan fingerprint density at radius 3 is 2.63 bits per heavy atom. The van der Waals surface area contributed by atoms with Gasteiger partial charge in [-0.2, -0.15) is 0 Å². The van der Waals surface area contributed by atoms with Crippen LogP contribution in [0.4, 0.5) is 16.2 Å². The zero-order valence-corrected chi connectivity index (χ0v) is 27.1. The summed E-state index contributed by atoms with van der Waals surface area (Å²) in [5, 5.41) is 17.4. The zero-order chi connectivity index (χ0) is 32.3. The number of ether oxygens (including phenoxy) is 3. The number of nitrogens with zero attached hydrogens (tertiary/aromatic N) is 6. The van der Waals surface area contributed by atoms with Gasteiger partial charge in [-0.15, -0.1) is 11.3 Å². The maximum Gasteiger partial charge on any atom is 0.410 e. The summed E-state index contributed by atoms with van der Waals surface area (Å²) in [5.41, 5.74) is 0.800. The number of benzene rings is 1. The van der Waals surface area contributed by atoms with Gasteiger partial charge in [0.05, 0.1) is 30.8 Å². The van der Waals surface area contributed by atoms with Gasteiger partial charge in [-0.3, -0.25) is 19.2 Å². The Morgan fingerprint density at radius 1 is 1.09 bits per heavy atom. The van der Waals surface area contributed by atoms with Gasteiger partial charge in [0.15, 0.2) is 10.8 Å². The molecule has 2 aliphatic heterocycles. The van der Waals surface area contributed by atoms with Crippen molar-refractivity contribution < 1.29 is 28.9 Å². The first-order chi connectivity index (χ1) is 22.1. The third-order valence-corrected chi connectivity index (χ3v) is 8.62. The highest BCUT2D eigenvalue weighted by molar-refractivity contribution is 7.12. The maximum absolute atomic E-state index is 13.3. The number of nitrogens with one attached hydrogen (secondary N) is 1. The molecular formula is C32H39N7O6S. The second kappa shape index (κ2) is 13.5.